The number of carbonyl (C=O) groups is 1. The van der Waals surface area contributed by atoms with Crippen LogP contribution in [0.1, 0.15) is 12.6 Å². The zero-order chi connectivity index (χ0) is 13.7. The monoisotopic (exact) mass is 253 g/mol. The van der Waals surface area contributed by atoms with Crippen LogP contribution in [0.4, 0.5) is 5.69 Å². The summed E-state index contributed by atoms with van der Waals surface area (Å²) in [5.41, 5.74) is 0.564. The molecule has 6 heteroatoms. The minimum absolute atomic E-state index is 0.189. The topological polar surface area (TPSA) is 94.2 Å². The number of anilines is 1. The minimum atomic E-state index is -0.792. The number of aromatic amines is 1. The van der Waals surface area contributed by atoms with Gasteiger partial charge in [0.2, 0.25) is 5.91 Å². The highest BCUT2D eigenvalue weighted by molar-refractivity contribution is 5.92. The third-order valence-corrected chi connectivity index (χ3v) is 2.72. The van der Waals surface area contributed by atoms with Crippen molar-refractivity contribution >= 4 is 11.6 Å². The number of rotatable bonds is 5. The van der Waals surface area contributed by atoms with Gasteiger partial charge in [-0.25, -0.2) is 0 Å². The van der Waals surface area contributed by atoms with Gasteiger partial charge in [-0.15, -0.1) is 0 Å². The summed E-state index contributed by atoms with van der Waals surface area (Å²) in [6.45, 7) is 3.69. The molecule has 1 amide bonds. The summed E-state index contributed by atoms with van der Waals surface area (Å²) in [6.07, 6.45) is -0.792. The first-order chi connectivity index (χ1) is 8.45. The third-order valence-electron chi connectivity index (χ3n) is 2.72. The zero-order valence-corrected chi connectivity index (χ0v) is 10.8. The molecule has 0 aromatic carbocycles. The second kappa shape index (κ2) is 6.32. The predicted molar refractivity (Wildman–Crippen MR) is 69.5 cm³/mol. The molecular formula is C12H19N3O3. The van der Waals surface area contributed by atoms with Gasteiger partial charge >= 0.3 is 0 Å². The van der Waals surface area contributed by atoms with Gasteiger partial charge in [0.25, 0.3) is 5.56 Å². The lowest BCUT2D eigenvalue weighted by Crippen LogP contribution is -2.37. The van der Waals surface area contributed by atoms with Crippen LogP contribution in [0, 0.1) is 12.8 Å². The van der Waals surface area contributed by atoms with E-state index in [0.717, 1.165) is 5.69 Å². The summed E-state index contributed by atoms with van der Waals surface area (Å²) in [5, 5.41) is 15.0. The molecule has 0 saturated carbocycles. The van der Waals surface area contributed by atoms with Crippen LogP contribution in [0.15, 0.2) is 16.9 Å². The van der Waals surface area contributed by atoms with Crippen molar-refractivity contribution < 1.29 is 9.90 Å². The molecule has 6 nitrogen and oxygen atoms in total. The fraction of sp³-hybridized carbons (Fsp3) is 0.500. The molecule has 0 aliphatic heterocycles. The predicted octanol–water partition coefficient (Wildman–Crippen LogP) is -0.162. The Kier molecular flexibility index (Phi) is 5.06. The van der Waals surface area contributed by atoms with Crippen LogP contribution >= 0.6 is 0 Å². The molecule has 0 spiro atoms. The summed E-state index contributed by atoms with van der Waals surface area (Å²) < 4.78 is 0. The van der Waals surface area contributed by atoms with Crippen LogP contribution in [-0.2, 0) is 4.79 Å². The first-order valence-electron chi connectivity index (χ1n) is 5.79. The van der Waals surface area contributed by atoms with Crippen LogP contribution < -0.4 is 16.2 Å². The molecule has 0 aliphatic rings. The molecule has 0 aliphatic carbocycles. The number of aliphatic hydroxyl groups excluding tert-OH is 1. The minimum Gasteiger partial charge on any atom is -0.391 e. The Hall–Kier alpha value is -1.66. The van der Waals surface area contributed by atoms with E-state index < -0.39 is 12.0 Å². The van der Waals surface area contributed by atoms with E-state index in [2.05, 4.69) is 15.6 Å². The van der Waals surface area contributed by atoms with Gasteiger partial charge < -0.3 is 20.7 Å². The quantitative estimate of drug-likeness (QED) is 0.586. The van der Waals surface area contributed by atoms with Crippen LogP contribution in [0.5, 0.6) is 0 Å². The van der Waals surface area contributed by atoms with Crippen molar-refractivity contribution in [2.75, 3.05) is 18.9 Å². The number of amides is 1. The van der Waals surface area contributed by atoms with E-state index in [9.17, 15) is 14.7 Å². The lowest BCUT2D eigenvalue weighted by atomic mass is 10.0. The second-order valence-corrected chi connectivity index (χ2v) is 4.29. The lowest BCUT2D eigenvalue weighted by Gasteiger charge is -2.17. The van der Waals surface area contributed by atoms with Gasteiger partial charge in [-0.3, -0.25) is 9.59 Å². The fourth-order valence-electron chi connectivity index (χ4n) is 1.48. The van der Waals surface area contributed by atoms with Gasteiger partial charge in [-0.1, -0.05) is 6.92 Å². The first kappa shape index (κ1) is 14.4. The summed E-state index contributed by atoms with van der Waals surface area (Å²) in [4.78, 5) is 26.0. The number of pyridine rings is 1. The van der Waals surface area contributed by atoms with Crippen LogP contribution in [0.2, 0.25) is 0 Å². The maximum atomic E-state index is 11.8. The molecule has 2 unspecified atom stereocenters. The summed E-state index contributed by atoms with van der Waals surface area (Å²) in [6, 6.07) is 3.24. The molecule has 18 heavy (non-hydrogen) atoms. The van der Waals surface area contributed by atoms with Gasteiger partial charge in [-0.05, 0) is 26.1 Å². The molecule has 0 fully saturated rings. The van der Waals surface area contributed by atoms with Crippen LogP contribution in [0.25, 0.3) is 0 Å². The molecule has 0 bridgehead atoms. The average Bonchev–Trinajstić information content (AvgIpc) is 2.32. The molecule has 0 radical (unpaired) electrons. The molecule has 2 atom stereocenters. The number of aliphatic hydroxyl groups is 1. The molecule has 100 valence electrons. The molecule has 1 aromatic heterocycles. The van der Waals surface area contributed by atoms with Crippen LogP contribution in [0.3, 0.4) is 0 Å². The number of carbonyl (C=O) groups excluding carboxylic acids is 1. The van der Waals surface area contributed by atoms with Crippen molar-refractivity contribution in [2.24, 2.45) is 5.92 Å². The van der Waals surface area contributed by atoms with E-state index >= 15 is 0 Å². The Morgan fingerprint density at radius 1 is 1.50 bits per heavy atom. The Balaban J connectivity index is 2.72. The van der Waals surface area contributed by atoms with Crippen molar-refractivity contribution in [1.82, 2.24) is 10.3 Å². The van der Waals surface area contributed by atoms with Gasteiger partial charge in [0.05, 0.1) is 12.0 Å². The number of nitrogens with one attached hydrogen (secondary N) is 3. The Morgan fingerprint density at radius 3 is 2.72 bits per heavy atom. The molecule has 4 N–H and O–H groups in total. The maximum absolute atomic E-state index is 11.8. The molecule has 1 rings (SSSR count). The summed E-state index contributed by atoms with van der Waals surface area (Å²) in [5.74, 6) is -0.981. The Bertz CT molecular complexity index is 470. The highest BCUT2D eigenvalue weighted by Gasteiger charge is 2.21. The van der Waals surface area contributed by atoms with Gasteiger partial charge in [0.15, 0.2) is 0 Å². The van der Waals surface area contributed by atoms with E-state index in [-0.39, 0.29) is 17.2 Å². The van der Waals surface area contributed by atoms with Gasteiger partial charge in [0, 0.05) is 12.2 Å². The number of H-pyrrole nitrogens is 1. The highest BCUT2D eigenvalue weighted by Crippen LogP contribution is 2.07. The molecule has 1 aromatic rings. The van der Waals surface area contributed by atoms with E-state index in [1.807, 2.05) is 0 Å². The molecule has 1 heterocycles. The highest BCUT2D eigenvalue weighted by atomic mass is 16.3. The summed E-state index contributed by atoms with van der Waals surface area (Å²) in [7, 11) is 1.69. The maximum Gasteiger partial charge on any atom is 0.271 e. The summed E-state index contributed by atoms with van der Waals surface area (Å²) >= 11 is 0. The zero-order valence-electron chi connectivity index (χ0n) is 10.8. The number of aromatic nitrogens is 1. The second-order valence-electron chi connectivity index (χ2n) is 4.29. The Morgan fingerprint density at radius 2 is 2.17 bits per heavy atom. The first-order valence-corrected chi connectivity index (χ1v) is 5.79. The third kappa shape index (κ3) is 3.68. The van der Waals surface area contributed by atoms with Crippen molar-refractivity contribution in [1.29, 1.82) is 0 Å². The van der Waals surface area contributed by atoms with E-state index in [1.54, 1.807) is 33.0 Å². The molecular weight excluding hydrogens is 234 g/mol. The number of hydrogen-bond acceptors (Lipinski definition) is 4. The van der Waals surface area contributed by atoms with E-state index in [1.165, 1.54) is 0 Å². The average molecular weight is 253 g/mol. The lowest BCUT2D eigenvalue weighted by molar-refractivity contribution is -0.122. The van der Waals surface area contributed by atoms with Crippen molar-refractivity contribution in [3.05, 3.63) is 28.2 Å². The van der Waals surface area contributed by atoms with Crippen molar-refractivity contribution in [2.45, 2.75) is 20.0 Å². The van der Waals surface area contributed by atoms with E-state index in [0.29, 0.717) is 6.54 Å². The van der Waals surface area contributed by atoms with Gasteiger partial charge in [-0.2, -0.15) is 0 Å². The Labute approximate surface area is 105 Å². The fourth-order valence-corrected chi connectivity index (χ4v) is 1.48. The number of hydrogen-bond donors (Lipinski definition) is 4. The largest absolute Gasteiger partial charge is 0.391 e. The SMILES string of the molecule is CNCC(O)C(C)C(=O)Nc1ccc(C)[nH]c1=O. The smallest absolute Gasteiger partial charge is 0.271 e. The van der Waals surface area contributed by atoms with Crippen LogP contribution in [-0.4, -0.2) is 35.7 Å². The standard InChI is InChI=1S/C12H19N3O3/c1-7-4-5-9(12(18)14-7)15-11(17)8(2)10(16)6-13-3/h4-5,8,10,13,16H,6H2,1-3H3,(H,14,18)(H,15,17). The molecule has 0 saturated heterocycles. The normalized spacial score (nSPS) is 14.0. The van der Waals surface area contributed by atoms with Crippen molar-refractivity contribution in [3.8, 4) is 0 Å². The van der Waals surface area contributed by atoms with Crippen molar-refractivity contribution in [3.63, 3.8) is 0 Å². The number of aryl methyl sites for hydroxylation is 1. The number of likely N-dealkylation sites (N-methyl/N-ethyl adjacent to an activating group) is 1. The van der Waals surface area contributed by atoms with Gasteiger partial charge in [0.1, 0.15) is 5.69 Å². The van der Waals surface area contributed by atoms with E-state index in [4.69, 9.17) is 0 Å².